The van der Waals surface area contributed by atoms with Crippen LogP contribution in [-0.4, -0.2) is 11.7 Å². The minimum absolute atomic E-state index is 0.158. The summed E-state index contributed by atoms with van der Waals surface area (Å²) in [5.41, 5.74) is 6.25. The van der Waals surface area contributed by atoms with E-state index in [2.05, 4.69) is 13.8 Å². The first-order chi connectivity index (χ1) is 9.62. The van der Waals surface area contributed by atoms with Crippen molar-refractivity contribution in [2.75, 3.05) is 6.54 Å². The van der Waals surface area contributed by atoms with Gasteiger partial charge in [-0.25, -0.2) is 0 Å². The predicted octanol–water partition coefficient (Wildman–Crippen LogP) is 3.83. The van der Waals surface area contributed by atoms with Gasteiger partial charge in [-0.1, -0.05) is 50.6 Å². The highest BCUT2D eigenvalue weighted by Gasteiger charge is 2.50. The summed E-state index contributed by atoms with van der Waals surface area (Å²) in [5.74, 6) is 0.812. The second-order valence-electron chi connectivity index (χ2n) is 6.42. The molecule has 1 aliphatic rings. The average Bonchev–Trinajstić information content (AvgIpc) is 2.54. The van der Waals surface area contributed by atoms with Gasteiger partial charge in [-0.2, -0.15) is 0 Å². The molecule has 20 heavy (non-hydrogen) atoms. The van der Waals surface area contributed by atoms with E-state index in [1.807, 2.05) is 30.3 Å². The normalized spacial score (nSPS) is 29.9. The number of hydrogen-bond acceptors (Lipinski definition) is 2. The molecule has 0 heterocycles. The maximum atomic E-state index is 11.4. The molecule has 1 aliphatic carbocycles. The van der Waals surface area contributed by atoms with Gasteiger partial charge >= 0.3 is 0 Å². The third kappa shape index (κ3) is 2.51. The van der Waals surface area contributed by atoms with Crippen molar-refractivity contribution in [1.29, 1.82) is 0 Å². The lowest BCUT2D eigenvalue weighted by molar-refractivity contribution is -0.115. The van der Waals surface area contributed by atoms with Crippen molar-refractivity contribution in [1.82, 2.24) is 0 Å². The van der Waals surface area contributed by atoms with E-state index in [1.54, 1.807) is 0 Å². The van der Waals surface area contributed by atoms with Crippen LogP contribution in [0.2, 0.25) is 0 Å². The Balaban J connectivity index is 2.33. The molecular formula is C18H29NO. The summed E-state index contributed by atoms with van der Waals surface area (Å²) in [5, 5.41) is 11.4. The molecule has 0 aromatic heterocycles. The van der Waals surface area contributed by atoms with Gasteiger partial charge in [0.1, 0.15) is 0 Å². The second kappa shape index (κ2) is 6.28. The molecule has 2 rings (SSSR count). The molecule has 0 spiro atoms. The van der Waals surface area contributed by atoms with E-state index >= 15 is 0 Å². The maximum Gasteiger partial charge on any atom is 0.0961 e. The Morgan fingerprint density at radius 2 is 1.80 bits per heavy atom. The molecule has 1 aromatic rings. The average molecular weight is 275 g/mol. The van der Waals surface area contributed by atoms with Crippen LogP contribution in [0, 0.1) is 11.3 Å². The fourth-order valence-electron chi connectivity index (χ4n) is 4.02. The number of benzene rings is 1. The van der Waals surface area contributed by atoms with E-state index in [1.165, 1.54) is 19.3 Å². The summed E-state index contributed by atoms with van der Waals surface area (Å²) in [6, 6.07) is 10.1. The van der Waals surface area contributed by atoms with Crippen LogP contribution in [0.25, 0.3) is 0 Å². The highest BCUT2D eigenvalue weighted by molar-refractivity contribution is 5.26. The van der Waals surface area contributed by atoms with Crippen LogP contribution in [0.5, 0.6) is 0 Å². The van der Waals surface area contributed by atoms with Crippen molar-refractivity contribution in [2.24, 2.45) is 17.1 Å². The van der Waals surface area contributed by atoms with Gasteiger partial charge in [-0.05, 0) is 43.6 Å². The quantitative estimate of drug-likeness (QED) is 0.858. The Labute approximate surface area is 123 Å². The number of aliphatic hydroxyl groups is 1. The third-order valence-corrected chi connectivity index (χ3v) is 5.67. The first kappa shape index (κ1) is 15.5. The molecule has 1 fully saturated rings. The summed E-state index contributed by atoms with van der Waals surface area (Å²) in [6.45, 7) is 4.92. The Morgan fingerprint density at radius 3 is 2.25 bits per heavy atom. The maximum absolute atomic E-state index is 11.4. The minimum atomic E-state index is -0.790. The molecular weight excluding hydrogens is 246 g/mol. The lowest BCUT2D eigenvalue weighted by atomic mass is 9.58. The minimum Gasteiger partial charge on any atom is -0.385 e. The molecule has 112 valence electrons. The Kier molecular flexibility index (Phi) is 4.87. The van der Waals surface area contributed by atoms with Gasteiger partial charge < -0.3 is 10.8 Å². The molecule has 0 saturated heterocycles. The standard InChI is InChI=1S/C18H29NO/c1-3-15-10-12-17(14-19,13-11-15)18(20,4-2)16-8-6-5-7-9-16/h5-9,15,20H,3-4,10-14,19H2,1-2H3. The van der Waals surface area contributed by atoms with Crippen molar-refractivity contribution < 1.29 is 5.11 Å². The van der Waals surface area contributed by atoms with Crippen LogP contribution in [0.3, 0.4) is 0 Å². The van der Waals surface area contributed by atoms with Crippen molar-refractivity contribution >= 4 is 0 Å². The molecule has 1 saturated carbocycles. The van der Waals surface area contributed by atoms with Gasteiger partial charge in [0.05, 0.1) is 5.60 Å². The SMILES string of the molecule is CCC1CCC(CN)(C(O)(CC)c2ccccc2)CC1. The van der Waals surface area contributed by atoms with Gasteiger partial charge in [0.15, 0.2) is 0 Å². The fourth-order valence-corrected chi connectivity index (χ4v) is 4.02. The van der Waals surface area contributed by atoms with Crippen LogP contribution >= 0.6 is 0 Å². The molecule has 0 bridgehead atoms. The molecule has 0 aliphatic heterocycles. The van der Waals surface area contributed by atoms with Crippen molar-refractivity contribution in [2.45, 2.75) is 58.0 Å². The van der Waals surface area contributed by atoms with E-state index in [-0.39, 0.29) is 5.41 Å². The highest BCUT2D eigenvalue weighted by Crippen LogP contribution is 2.52. The Bertz CT molecular complexity index is 409. The van der Waals surface area contributed by atoms with E-state index in [9.17, 15) is 5.11 Å². The highest BCUT2D eigenvalue weighted by atomic mass is 16.3. The monoisotopic (exact) mass is 275 g/mol. The zero-order valence-electron chi connectivity index (χ0n) is 12.9. The van der Waals surface area contributed by atoms with E-state index in [0.717, 1.165) is 30.7 Å². The smallest absolute Gasteiger partial charge is 0.0961 e. The van der Waals surface area contributed by atoms with Crippen LogP contribution in [0.15, 0.2) is 30.3 Å². The van der Waals surface area contributed by atoms with Crippen molar-refractivity contribution in [3.05, 3.63) is 35.9 Å². The van der Waals surface area contributed by atoms with Crippen LogP contribution in [-0.2, 0) is 5.60 Å². The van der Waals surface area contributed by atoms with Gasteiger partial charge in [0, 0.05) is 12.0 Å². The zero-order chi connectivity index (χ0) is 14.6. The number of nitrogens with two attached hydrogens (primary N) is 1. The topological polar surface area (TPSA) is 46.2 Å². The first-order valence-corrected chi connectivity index (χ1v) is 8.10. The summed E-state index contributed by atoms with van der Waals surface area (Å²) in [4.78, 5) is 0. The lowest BCUT2D eigenvalue weighted by Crippen LogP contribution is -2.52. The van der Waals surface area contributed by atoms with Crippen LogP contribution < -0.4 is 5.73 Å². The van der Waals surface area contributed by atoms with Gasteiger partial charge in [0.2, 0.25) is 0 Å². The molecule has 1 atom stereocenters. The predicted molar refractivity (Wildman–Crippen MR) is 84.4 cm³/mol. The summed E-state index contributed by atoms with van der Waals surface area (Å²) < 4.78 is 0. The fraction of sp³-hybridized carbons (Fsp3) is 0.667. The van der Waals surface area contributed by atoms with Gasteiger partial charge in [0.25, 0.3) is 0 Å². The van der Waals surface area contributed by atoms with E-state index < -0.39 is 5.60 Å². The Morgan fingerprint density at radius 1 is 1.20 bits per heavy atom. The number of rotatable bonds is 5. The number of hydrogen-bond donors (Lipinski definition) is 2. The molecule has 1 unspecified atom stereocenters. The summed E-state index contributed by atoms with van der Waals surface area (Å²) >= 11 is 0. The third-order valence-electron chi connectivity index (χ3n) is 5.67. The molecule has 3 N–H and O–H groups in total. The lowest BCUT2D eigenvalue weighted by Gasteiger charge is -2.50. The van der Waals surface area contributed by atoms with Crippen LogP contribution in [0.4, 0.5) is 0 Å². The molecule has 1 aromatic carbocycles. The molecule has 0 amide bonds. The van der Waals surface area contributed by atoms with Crippen LogP contribution in [0.1, 0.15) is 57.9 Å². The Hall–Kier alpha value is -0.860. The molecule has 0 radical (unpaired) electrons. The second-order valence-corrected chi connectivity index (χ2v) is 6.42. The van der Waals surface area contributed by atoms with Crippen molar-refractivity contribution in [3.63, 3.8) is 0 Å². The zero-order valence-corrected chi connectivity index (χ0v) is 12.9. The van der Waals surface area contributed by atoms with Gasteiger partial charge in [-0.3, -0.25) is 0 Å². The van der Waals surface area contributed by atoms with E-state index in [4.69, 9.17) is 5.73 Å². The van der Waals surface area contributed by atoms with E-state index in [0.29, 0.717) is 6.54 Å². The molecule has 2 nitrogen and oxygen atoms in total. The molecule has 2 heteroatoms. The first-order valence-electron chi connectivity index (χ1n) is 8.10. The summed E-state index contributed by atoms with van der Waals surface area (Å²) in [7, 11) is 0. The van der Waals surface area contributed by atoms with Gasteiger partial charge in [-0.15, -0.1) is 0 Å². The summed E-state index contributed by atoms with van der Waals surface area (Å²) in [6.07, 6.45) is 6.45. The largest absolute Gasteiger partial charge is 0.385 e. The van der Waals surface area contributed by atoms with Crippen molar-refractivity contribution in [3.8, 4) is 0 Å².